The van der Waals surface area contributed by atoms with Gasteiger partial charge >= 0.3 is 0 Å². The molecule has 27 N–H and O–H groups in total. The largest absolute Gasteiger partial charge is 0.387 e. The summed E-state index contributed by atoms with van der Waals surface area (Å²) in [4.78, 5) is 0. The summed E-state index contributed by atoms with van der Waals surface area (Å²) in [6.07, 6.45) is -60.0. The van der Waals surface area contributed by atoms with E-state index in [1.165, 1.54) is 6.08 Å². The van der Waals surface area contributed by atoms with Crippen LogP contribution in [0.4, 0.5) is 0 Å². The average Bonchev–Trinajstić information content (AvgIpc) is 3.45. The van der Waals surface area contributed by atoms with Crippen LogP contribution in [0.5, 0.6) is 0 Å². The molecule has 80 heavy (non-hydrogen) atoms. The van der Waals surface area contributed by atoms with Crippen LogP contribution in [0.1, 0.15) is 0 Å². The summed E-state index contributed by atoms with van der Waals surface area (Å²) in [7, 11) is 0. The normalized spacial score (nSPS) is 53.7. The number of aliphatic hydroxyl groups is 13. The first-order valence-electron chi connectivity index (χ1n) is 26.3. The molecule has 0 aliphatic carbocycles. The minimum Gasteiger partial charge on any atom is -0.387 e. The van der Waals surface area contributed by atoms with Crippen LogP contribution < -0.4 is 40.1 Å². The van der Waals surface area contributed by atoms with Gasteiger partial charge < -0.3 is 178 Å². The zero-order valence-corrected chi connectivity index (χ0v) is 43.1. The van der Waals surface area contributed by atoms with E-state index >= 15 is 0 Å². The van der Waals surface area contributed by atoms with Gasteiger partial charge in [0.2, 0.25) is 0 Å². The van der Waals surface area contributed by atoms with Crippen LogP contribution in [0.25, 0.3) is 0 Å². The predicted molar refractivity (Wildman–Crippen MR) is 256 cm³/mol. The molecule has 21 rings (SSSR count). The first kappa shape index (κ1) is 64.3. The average molecular weight is 1170 g/mol. The van der Waals surface area contributed by atoms with Crippen LogP contribution >= 0.6 is 0 Å². The van der Waals surface area contributed by atoms with Crippen LogP contribution in [0, 0.1) is 0 Å². The Kier molecular flexibility index (Phi) is 22.4. The van der Waals surface area contributed by atoms with Crippen molar-refractivity contribution in [3.8, 4) is 0 Å². The van der Waals surface area contributed by atoms with E-state index in [1.54, 1.807) is 0 Å². The summed E-state index contributed by atoms with van der Waals surface area (Å²) in [6, 6.07) is 0. The van der Waals surface area contributed by atoms with E-state index in [-0.39, 0.29) is 6.61 Å². The minimum absolute atomic E-state index is 0.245. The molecule has 21 aliphatic rings. The second kappa shape index (κ2) is 27.8. The molecular weight excluding hydrogens is 1090 g/mol. The molecule has 21 saturated heterocycles. The van der Waals surface area contributed by atoms with Crippen molar-refractivity contribution in [1.29, 1.82) is 0 Å². The van der Waals surface area contributed by atoms with Gasteiger partial charge in [0.15, 0.2) is 44.0 Å². The quantitative estimate of drug-likeness (QED) is 0.0903. The molecule has 0 saturated carbocycles. The number of hydrogen-bond donors (Lipinski definition) is 20. The molecular formula is C45H81N7O28. The van der Waals surface area contributed by atoms with Crippen molar-refractivity contribution in [2.45, 2.75) is 215 Å². The highest BCUT2D eigenvalue weighted by molar-refractivity contribution is 5.02. The zero-order chi connectivity index (χ0) is 58.2. The fourth-order valence-electron chi connectivity index (χ4n) is 11.1. The highest BCUT2D eigenvalue weighted by atomic mass is 16.8. The second-order valence-electron chi connectivity index (χ2n) is 20.6. The summed E-state index contributed by atoms with van der Waals surface area (Å²) >= 11 is 0. The van der Waals surface area contributed by atoms with Gasteiger partial charge in [0.25, 0.3) is 0 Å². The predicted octanol–water partition coefficient (Wildman–Crippen LogP) is -14.3. The third-order valence-electron chi connectivity index (χ3n) is 15.5. The lowest BCUT2D eigenvalue weighted by Crippen LogP contribution is -2.69. The Morgan fingerprint density at radius 2 is 0.438 bits per heavy atom. The van der Waals surface area contributed by atoms with Crippen molar-refractivity contribution in [2.75, 3.05) is 52.4 Å². The van der Waals surface area contributed by atoms with Gasteiger partial charge in [-0.3, -0.25) is 0 Å². The van der Waals surface area contributed by atoms with E-state index in [2.05, 4.69) is 6.58 Å². The van der Waals surface area contributed by atoms with E-state index in [9.17, 15) is 66.4 Å². The second-order valence-corrected chi connectivity index (χ2v) is 20.6. The maximum Gasteiger partial charge on any atom is 0.187 e. The smallest absolute Gasteiger partial charge is 0.187 e. The van der Waals surface area contributed by atoms with E-state index < -0.39 is 261 Å². The summed E-state index contributed by atoms with van der Waals surface area (Å²) in [5.41, 5.74) is 42.5. The molecule has 0 aromatic rings. The number of aliphatic hydroxyl groups excluding tert-OH is 13. The molecule has 35 atom stereocenters. The van der Waals surface area contributed by atoms with Gasteiger partial charge in [0.1, 0.15) is 171 Å². The van der Waals surface area contributed by atoms with Gasteiger partial charge in [-0.15, -0.1) is 6.58 Å². The maximum absolute atomic E-state index is 12.0. The molecule has 35 nitrogen and oxygen atoms in total. The van der Waals surface area contributed by atoms with Crippen LogP contribution in [0.15, 0.2) is 12.7 Å². The van der Waals surface area contributed by atoms with Crippen molar-refractivity contribution >= 4 is 0 Å². The molecule has 464 valence electrons. The molecule has 35 unspecified atom stereocenters. The van der Waals surface area contributed by atoms with E-state index in [4.69, 9.17) is 111 Å². The van der Waals surface area contributed by atoms with E-state index in [1.807, 2.05) is 0 Å². The molecule has 35 heteroatoms. The van der Waals surface area contributed by atoms with Crippen molar-refractivity contribution in [3.05, 3.63) is 12.7 Å². The van der Waals surface area contributed by atoms with Crippen LogP contribution in [0.3, 0.4) is 0 Å². The lowest BCUT2D eigenvalue weighted by Gasteiger charge is -2.50. The Balaban J connectivity index is 1.10. The maximum atomic E-state index is 12.0. The Labute approximate surface area is 456 Å². The standard InChI is InChI=1S/C45H81N7O28/c1-2-3-66-38-30(65)37-17(10-52)73-45(38)80-36-16(9-51)72-43(29(64)23(36)58)78-34-14(7-49)70-41(27(62)21(34)56)76-32-12(5-47)68-39(25(60)19(32)54)74-31-11(4-46)67-40(24(59)18(31)53)75-33-13(6-48)69-42(26(61)20(33)55)77-35-15(8-50)71-44(79-37)28(63)22(35)57/h2,11-45,53-65H,1,3-10,46-52H2. The zero-order valence-electron chi connectivity index (χ0n) is 43.1. The number of rotatable bonds is 10. The van der Waals surface area contributed by atoms with Crippen LogP contribution in [-0.4, -0.2) is 334 Å². The van der Waals surface area contributed by atoms with Crippen molar-refractivity contribution < 1.29 is 137 Å². The Bertz CT molecular complexity index is 1930. The van der Waals surface area contributed by atoms with E-state index in [0.29, 0.717) is 0 Å². The van der Waals surface area contributed by atoms with Crippen molar-refractivity contribution in [2.24, 2.45) is 40.1 Å². The first-order chi connectivity index (χ1) is 38.2. The fraction of sp³-hybridized carbons (Fsp3) is 0.956. The number of nitrogens with two attached hydrogens (primary N) is 7. The van der Waals surface area contributed by atoms with Gasteiger partial charge in [0, 0.05) is 45.8 Å². The fourth-order valence-corrected chi connectivity index (χ4v) is 11.1. The number of ether oxygens (including phenoxy) is 15. The molecule has 0 radical (unpaired) electrons. The Morgan fingerprint density at radius 1 is 0.263 bits per heavy atom. The lowest BCUT2D eigenvalue weighted by atomic mass is 9.94. The minimum atomic E-state index is -2.05. The summed E-state index contributed by atoms with van der Waals surface area (Å²) < 4.78 is 89.6. The third-order valence-corrected chi connectivity index (χ3v) is 15.5. The molecule has 0 aromatic carbocycles. The van der Waals surface area contributed by atoms with E-state index in [0.717, 1.165) is 0 Å². The lowest BCUT2D eigenvalue weighted by molar-refractivity contribution is -0.392. The van der Waals surface area contributed by atoms with Crippen LogP contribution in [-0.2, 0) is 71.1 Å². The molecule has 21 heterocycles. The van der Waals surface area contributed by atoms with Gasteiger partial charge in [-0.25, -0.2) is 0 Å². The summed E-state index contributed by atoms with van der Waals surface area (Å²) in [5, 5.41) is 150. The first-order valence-corrected chi connectivity index (χ1v) is 26.3. The Hall–Kier alpha value is -1.66. The molecule has 0 spiro atoms. The Morgan fingerprint density at radius 3 is 0.625 bits per heavy atom. The molecule has 0 aromatic heterocycles. The molecule has 21 aliphatic heterocycles. The molecule has 14 bridgehead atoms. The van der Waals surface area contributed by atoms with Gasteiger partial charge in [-0.05, 0) is 0 Å². The van der Waals surface area contributed by atoms with Gasteiger partial charge in [0.05, 0.1) is 6.61 Å². The monoisotopic (exact) mass is 1170 g/mol. The number of hydrogen-bond acceptors (Lipinski definition) is 35. The van der Waals surface area contributed by atoms with Gasteiger partial charge in [-0.2, -0.15) is 0 Å². The van der Waals surface area contributed by atoms with Crippen molar-refractivity contribution in [1.82, 2.24) is 0 Å². The SMILES string of the molecule is C=CCOC1C2OC(CN)C(OC3OC(CN)C(OC4OC(CN)C(OC5OC(CN)C(OC6OC(CN)C(OC7OC(CN)C(OC8OC(CN)C(O2)C(O)C8O)C(O)C7O)C(O)C6O)C(O)C5O)C(O)C4O)C(O)C3O)C1O. The third kappa shape index (κ3) is 12.8. The summed E-state index contributed by atoms with van der Waals surface area (Å²) in [6.45, 7) is 0.235. The van der Waals surface area contributed by atoms with Gasteiger partial charge in [-0.1, -0.05) is 6.08 Å². The molecule has 0 amide bonds. The topological polar surface area (TPSA) is 584 Å². The molecule has 21 fully saturated rings. The van der Waals surface area contributed by atoms with Crippen LogP contribution in [0.2, 0.25) is 0 Å². The highest BCUT2D eigenvalue weighted by Crippen LogP contribution is 2.39. The summed E-state index contributed by atoms with van der Waals surface area (Å²) in [5.74, 6) is 0. The van der Waals surface area contributed by atoms with Crippen molar-refractivity contribution in [3.63, 3.8) is 0 Å². The highest BCUT2D eigenvalue weighted by Gasteiger charge is 2.59.